The average Bonchev–Trinajstić information content (AvgIpc) is 2.03. The van der Waals surface area contributed by atoms with Gasteiger partial charge in [0.2, 0.25) is 0 Å². The summed E-state index contributed by atoms with van der Waals surface area (Å²) in [6.07, 6.45) is 3.63. The molecule has 0 unspecified atom stereocenters. The molecule has 13 heavy (non-hydrogen) atoms. The molecule has 0 amide bonds. The first kappa shape index (κ1) is 10.2. The Hall–Kier alpha value is -0.890. The van der Waals surface area contributed by atoms with Crippen LogP contribution in [0.25, 0.3) is 0 Å². The summed E-state index contributed by atoms with van der Waals surface area (Å²) in [5.74, 6) is 0. The van der Waals surface area contributed by atoms with Crippen LogP contribution in [0.3, 0.4) is 0 Å². The molecule has 0 N–H and O–H groups in total. The Labute approximate surface area is 87.3 Å². The zero-order chi connectivity index (χ0) is 9.68. The number of hydrogen-bond donors (Lipinski definition) is 0. The summed E-state index contributed by atoms with van der Waals surface area (Å²) in [7, 11) is 0. The van der Waals surface area contributed by atoms with Crippen LogP contribution in [0, 0.1) is 6.92 Å². The Balaban J connectivity index is 2.75. The molecule has 0 spiro atoms. The zero-order valence-corrected chi connectivity index (χ0v) is 9.38. The van der Waals surface area contributed by atoms with E-state index in [2.05, 4.69) is 40.0 Å². The maximum atomic E-state index is 4.15. The molecule has 0 aliphatic carbocycles. The second-order valence-electron chi connectivity index (χ2n) is 2.91. The van der Waals surface area contributed by atoms with Gasteiger partial charge in [-0.25, -0.2) is 0 Å². The van der Waals surface area contributed by atoms with Crippen molar-refractivity contribution in [2.75, 3.05) is 0 Å². The summed E-state index contributed by atoms with van der Waals surface area (Å²) in [6.45, 7) is 4.02. The molecule has 0 fully saturated rings. The molecule has 0 aliphatic rings. The molecule has 2 heteroatoms. The molecular weight excluding hydrogens is 226 g/mol. The number of halogens is 1. The summed E-state index contributed by atoms with van der Waals surface area (Å²) in [5, 5.41) is 0. The topological polar surface area (TPSA) is 12.4 Å². The van der Waals surface area contributed by atoms with Crippen molar-refractivity contribution in [3.8, 4) is 0 Å². The van der Waals surface area contributed by atoms with Crippen LogP contribution in [-0.2, 0) is 0 Å². The lowest BCUT2D eigenvalue weighted by Crippen LogP contribution is -1.80. The first-order valence-electron chi connectivity index (χ1n) is 4.10. The number of benzene rings is 1. The smallest absolute Gasteiger partial charge is 0.0366 e. The molecule has 1 nitrogen and oxygen atoms in total. The molecule has 0 radical (unpaired) electrons. The molecule has 68 valence electrons. The number of aliphatic imine (C=N–C) groups is 1. The highest BCUT2D eigenvalue weighted by Crippen LogP contribution is 2.03. The number of aryl methyl sites for hydroxylation is 1. The highest BCUT2D eigenvalue weighted by Gasteiger charge is 1.86. The molecule has 0 atom stereocenters. The largest absolute Gasteiger partial charge is 0.263 e. The zero-order valence-electron chi connectivity index (χ0n) is 7.79. The van der Waals surface area contributed by atoms with E-state index in [4.69, 9.17) is 0 Å². The number of rotatable bonds is 2. The first-order valence-corrected chi connectivity index (χ1v) is 4.90. The Morgan fingerprint density at radius 3 is 2.85 bits per heavy atom. The maximum Gasteiger partial charge on any atom is 0.0366 e. The van der Waals surface area contributed by atoms with Crippen LogP contribution in [0.5, 0.6) is 0 Å². The van der Waals surface area contributed by atoms with Crippen molar-refractivity contribution < 1.29 is 0 Å². The van der Waals surface area contributed by atoms with Crippen LogP contribution in [0.15, 0.2) is 39.9 Å². The van der Waals surface area contributed by atoms with Crippen molar-refractivity contribution in [1.29, 1.82) is 0 Å². The van der Waals surface area contributed by atoms with E-state index in [-0.39, 0.29) is 0 Å². The molecule has 1 aromatic rings. The molecule has 0 aliphatic heterocycles. The van der Waals surface area contributed by atoms with Crippen LogP contribution < -0.4 is 0 Å². The summed E-state index contributed by atoms with van der Waals surface area (Å²) in [5.41, 5.74) is 2.38. The van der Waals surface area contributed by atoms with Gasteiger partial charge in [-0.3, -0.25) is 4.99 Å². The fourth-order valence-electron chi connectivity index (χ4n) is 0.976. The number of allylic oxidation sites excluding steroid dienone is 1. The predicted molar refractivity (Wildman–Crippen MR) is 61.5 cm³/mol. The van der Waals surface area contributed by atoms with Crippen molar-refractivity contribution in [2.24, 2.45) is 4.99 Å². The van der Waals surface area contributed by atoms with Crippen LogP contribution >= 0.6 is 15.9 Å². The van der Waals surface area contributed by atoms with Gasteiger partial charge in [0.15, 0.2) is 0 Å². The molecule has 1 rings (SSSR count). The third-order valence-corrected chi connectivity index (χ3v) is 1.72. The number of hydrogen-bond acceptors (Lipinski definition) is 1. The van der Waals surface area contributed by atoms with Gasteiger partial charge in [0.25, 0.3) is 0 Å². The lowest BCUT2D eigenvalue weighted by atomic mass is 10.2. The van der Waals surface area contributed by atoms with Gasteiger partial charge in [0.05, 0.1) is 0 Å². The van der Waals surface area contributed by atoms with Gasteiger partial charge < -0.3 is 0 Å². The van der Waals surface area contributed by atoms with Gasteiger partial charge in [-0.15, -0.1) is 0 Å². The molecule has 0 aromatic heterocycles. The Bertz CT molecular complexity index is 336. The molecule has 0 bridgehead atoms. The highest BCUT2D eigenvalue weighted by atomic mass is 79.9. The first-order chi connectivity index (χ1) is 6.18. The normalized spacial score (nSPS) is 12.4. The maximum absolute atomic E-state index is 4.15. The van der Waals surface area contributed by atoms with Crippen LogP contribution in [0.4, 0.5) is 0 Å². The van der Waals surface area contributed by atoms with Gasteiger partial charge in [-0.2, -0.15) is 0 Å². The minimum atomic E-state index is 1.02. The van der Waals surface area contributed by atoms with Crippen molar-refractivity contribution in [3.05, 3.63) is 46.1 Å². The van der Waals surface area contributed by atoms with Crippen molar-refractivity contribution >= 4 is 22.1 Å². The quantitative estimate of drug-likeness (QED) is 0.697. The van der Waals surface area contributed by atoms with Gasteiger partial charge in [-0.05, 0) is 19.4 Å². The minimum Gasteiger partial charge on any atom is -0.263 e. The summed E-state index contributed by atoms with van der Waals surface area (Å²) in [4.78, 5) is 4.15. The van der Waals surface area contributed by atoms with Crippen LogP contribution in [0.1, 0.15) is 18.1 Å². The third-order valence-electron chi connectivity index (χ3n) is 1.52. The average molecular weight is 238 g/mol. The van der Waals surface area contributed by atoms with E-state index in [0.717, 1.165) is 10.0 Å². The van der Waals surface area contributed by atoms with Crippen molar-refractivity contribution in [3.63, 3.8) is 0 Å². The SMILES string of the molecule is C/C(Br)=C\N=Cc1cccc(C)c1. The standard InChI is InChI=1S/C11H12BrN/c1-9-4-3-5-11(6-9)8-13-7-10(2)12/h3-8H,1-2H3/b10-7+,13-8?. The molecule has 0 saturated carbocycles. The fourth-order valence-corrected chi connectivity index (χ4v) is 1.09. The fraction of sp³-hybridized carbons (Fsp3) is 0.182. The van der Waals surface area contributed by atoms with E-state index < -0.39 is 0 Å². The van der Waals surface area contributed by atoms with E-state index in [0.29, 0.717) is 0 Å². The van der Waals surface area contributed by atoms with Crippen LogP contribution in [-0.4, -0.2) is 6.21 Å². The van der Waals surface area contributed by atoms with Crippen LogP contribution in [0.2, 0.25) is 0 Å². The Morgan fingerprint density at radius 2 is 2.23 bits per heavy atom. The third kappa shape index (κ3) is 4.04. The molecular formula is C11H12BrN. The molecule has 1 aromatic carbocycles. The summed E-state index contributed by atoms with van der Waals surface area (Å²) in [6, 6.07) is 8.24. The minimum absolute atomic E-state index is 1.02. The van der Waals surface area contributed by atoms with E-state index in [1.165, 1.54) is 5.56 Å². The van der Waals surface area contributed by atoms with E-state index in [1.54, 1.807) is 6.20 Å². The van der Waals surface area contributed by atoms with Crippen molar-refractivity contribution in [1.82, 2.24) is 0 Å². The van der Waals surface area contributed by atoms with Gasteiger partial charge >= 0.3 is 0 Å². The van der Waals surface area contributed by atoms with E-state index in [9.17, 15) is 0 Å². The summed E-state index contributed by atoms with van der Waals surface area (Å²) >= 11 is 3.31. The Kier molecular flexibility index (Phi) is 3.90. The lowest BCUT2D eigenvalue weighted by molar-refractivity contribution is 1.45. The molecule has 0 saturated heterocycles. The Morgan fingerprint density at radius 1 is 1.46 bits per heavy atom. The lowest BCUT2D eigenvalue weighted by Gasteiger charge is -1.93. The van der Waals surface area contributed by atoms with Gasteiger partial charge in [-0.1, -0.05) is 45.8 Å². The van der Waals surface area contributed by atoms with Gasteiger partial charge in [0.1, 0.15) is 0 Å². The highest BCUT2D eigenvalue weighted by molar-refractivity contribution is 9.11. The predicted octanol–water partition coefficient (Wildman–Crippen LogP) is 3.67. The van der Waals surface area contributed by atoms with E-state index in [1.807, 2.05) is 25.3 Å². The second-order valence-corrected chi connectivity index (χ2v) is 4.16. The molecule has 0 heterocycles. The summed E-state index contributed by atoms with van der Waals surface area (Å²) < 4.78 is 1.02. The monoisotopic (exact) mass is 237 g/mol. The van der Waals surface area contributed by atoms with E-state index >= 15 is 0 Å². The van der Waals surface area contributed by atoms with Gasteiger partial charge in [0, 0.05) is 16.9 Å². The number of nitrogens with zero attached hydrogens (tertiary/aromatic N) is 1. The van der Waals surface area contributed by atoms with Crippen molar-refractivity contribution in [2.45, 2.75) is 13.8 Å². The second kappa shape index (κ2) is 4.97.